The number of benzene rings is 1. The number of fused-ring (bicyclic) bond motifs is 1. The fourth-order valence-electron chi connectivity index (χ4n) is 3.76. The van der Waals surface area contributed by atoms with E-state index in [0.29, 0.717) is 6.54 Å². The molecule has 0 aliphatic heterocycles. The first-order valence-corrected chi connectivity index (χ1v) is 9.76. The Morgan fingerprint density at radius 3 is 2.83 bits per heavy atom. The second-order valence-electron chi connectivity index (χ2n) is 7.39. The highest BCUT2D eigenvalue weighted by atomic mass is 32.1. The van der Waals surface area contributed by atoms with E-state index in [1.807, 2.05) is 18.2 Å². The number of nitrogens with one attached hydrogen (secondary N) is 1. The molecule has 1 aromatic heterocycles. The van der Waals surface area contributed by atoms with Crippen LogP contribution in [0.2, 0.25) is 0 Å². The Labute approximate surface area is 146 Å². The van der Waals surface area contributed by atoms with E-state index in [4.69, 9.17) is 4.98 Å². The number of hydrogen-bond donors (Lipinski definition) is 2. The molecule has 4 nitrogen and oxygen atoms in total. The minimum absolute atomic E-state index is 0.0220. The van der Waals surface area contributed by atoms with Crippen LogP contribution in [0.25, 0.3) is 10.2 Å². The van der Waals surface area contributed by atoms with E-state index in [9.17, 15) is 9.90 Å². The molecule has 5 heteroatoms. The average Bonchev–Trinajstić information content (AvgIpc) is 3.29. The third-order valence-corrected chi connectivity index (χ3v) is 6.83. The largest absolute Gasteiger partial charge is 0.396 e. The van der Waals surface area contributed by atoms with Crippen molar-refractivity contribution in [3.8, 4) is 0 Å². The molecular formula is C19H24N2O2S. The first-order chi connectivity index (χ1) is 11.7. The Balaban J connectivity index is 1.50. The summed E-state index contributed by atoms with van der Waals surface area (Å²) in [4.78, 5) is 17.6. The van der Waals surface area contributed by atoms with Crippen molar-refractivity contribution in [3.63, 3.8) is 0 Å². The lowest BCUT2D eigenvalue weighted by molar-refractivity contribution is -0.126. The summed E-state index contributed by atoms with van der Waals surface area (Å²) >= 11 is 1.73. The maximum Gasteiger partial charge on any atom is 0.223 e. The fourth-order valence-corrected chi connectivity index (χ4v) is 4.93. The van der Waals surface area contributed by atoms with Gasteiger partial charge in [-0.05, 0) is 37.8 Å². The number of para-hydroxylation sites is 1. The molecule has 2 aliphatic carbocycles. The van der Waals surface area contributed by atoms with Gasteiger partial charge in [-0.3, -0.25) is 4.79 Å². The van der Waals surface area contributed by atoms with Crippen molar-refractivity contribution in [1.82, 2.24) is 10.3 Å². The number of carbonyl (C=O) groups is 1. The molecule has 1 heterocycles. The molecule has 2 N–H and O–H groups in total. The second-order valence-corrected chi connectivity index (χ2v) is 8.46. The van der Waals surface area contributed by atoms with E-state index in [1.54, 1.807) is 11.3 Å². The summed E-state index contributed by atoms with van der Waals surface area (Å²) in [5, 5.41) is 13.7. The number of amides is 1. The van der Waals surface area contributed by atoms with Gasteiger partial charge in [-0.15, -0.1) is 11.3 Å². The Kier molecular flexibility index (Phi) is 4.31. The van der Waals surface area contributed by atoms with E-state index in [0.717, 1.165) is 42.6 Å². The van der Waals surface area contributed by atoms with Crippen LogP contribution in [0.5, 0.6) is 0 Å². The Morgan fingerprint density at radius 2 is 2.08 bits per heavy atom. The molecule has 24 heavy (non-hydrogen) atoms. The van der Waals surface area contributed by atoms with Gasteiger partial charge in [-0.2, -0.15) is 0 Å². The number of nitrogens with zero attached hydrogens (tertiary/aromatic N) is 1. The molecule has 0 saturated heterocycles. The van der Waals surface area contributed by atoms with Crippen molar-refractivity contribution in [1.29, 1.82) is 0 Å². The Bertz CT molecular complexity index is 705. The molecule has 0 radical (unpaired) electrons. The third kappa shape index (κ3) is 3.07. The molecule has 2 atom stereocenters. The molecular weight excluding hydrogens is 320 g/mol. The fraction of sp³-hybridized carbons (Fsp3) is 0.579. The number of carbonyl (C=O) groups excluding carboxylic acids is 1. The highest BCUT2D eigenvalue weighted by molar-refractivity contribution is 7.18. The third-order valence-electron chi connectivity index (χ3n) is 5.66. The summed E-state index contributed by atoms with van der Waals surface area (Å²) < 4.78 is 1.20. The normalized spacial score (nSPS) is 25.5. The topological polar surface area (TPSA) is 62.2 Å². The zero-order valence-corrected chi connectivity index (χ0v) is 14.6. The Hall–Kier alpha value is -1.46. The summed E-state index contributed by atoms with van der Waals surface area (Å²) in [6.45, 7) is 0.796. The first kappa shape index (κ1) is 16.0. The average molecular weight is 344 g/mol. The van der Waals surface area contributed by atoms with Crippen LogP contribution in [0, 0.1) is 11.3 Å². The van der Waals surface area contributed by atoms with Gasteiger partial charge < -0.3 is 10.4 Å². The second kappa shape index (κ2) is 6.45. The van der Waals surface area contributed by atoms with Crippen LogP contribution >= 0.6 is 11.3 Å². The summed E-state index contributed by atoms with van der Waals surface area (Å²) in [5.74, 6) is 0.410. The predicted molar refractivity (Wildman–Crippen MR) is 96.1 cm³/mol. The number of aromatic nitrogens is 1. The first-order valence-electron chi connectivity index (χ1n) is 8.95. The zero-order chi connectivity index (χ0) is 16.6. The number of hydrogen-bond acceptors (Lipinski definition) is 4. The molecule has 1 aromatic carbocycles. The van der Waals surface area contributed by atoms with Gasteiger partial charge in [0.25, 0.3) is 0 Å². The lowest BCUT2D eigenvalue weighted by Gasteiger charge is -2.29. The number of rotatable bonds is 5. The molecule has 2 unspecified atom stereocenters. The van der Waals surface area contributed by atoms with Crippen LogP contribution in [0.4, 0.5) is 0 Å². The summed E-state index contributed by atoms with van der Waals surface area (Å²) in [5.41, 5.74) is 1.01. The zero-order valence-electron chi connectivity index (χ0n) is 13.8. The molecule has 0 spiro atoms. The van der Waals surface area contributed by atoms with E-state index < -0.39 is 0 Å². The van der Waals surface area contributed by atoms with Crippen molar-refractivity contribution in [3.05, 3.63) is 29.3 Å². The summed E-state index contributed by atoms with van der Waals surface area (Å²) in [7, 11) is 0. The lowest BCUT2D eigenvalue weighted by atomic mass is 9.79. The smallest absolute Gasteiger partial charge is 0.223 e. The summed E-state index contributed by atoms with van der Waals surface area (Å²) in [6, 6.07) is 8.21. The lowest BCUT2D eigenvalue weighted by Crippen LogP contribution is -2.39. The van der Waals surface area contributed by atoms with Gasteiger partial charge in [0.05, 0.1) is 21.8 Å². The summed E-state index contributed by atoms with van der Waals surface area (Å²) in [6.07, 6.45) is 6.32. The maximum atomic E-state index is 12.8. The van der Waals surface area contributed by atoms with Gasteiger partial charge in [0.2, 0.25) is 5.91 Å². The van der Waals surface area contributed by atoms with Crippen LogP contribution in [-0.2, 0) is 4.79 Å². The van der Waals surface area contributed by atoms with Crippen LogP contribution < -0.4 is 5.32 Å². The van der Waals surface area contributed by atoms with Gasteiger partial charge in [0.1, 0.15) is 0 Å². The monoisotopic (exact) mass is 344 g/mol. The molecule has 2 aromatic rings. The van der Waals surface area contributed by atoms with E-state index >= 15 is 0 Å². The number of aliphatic hydroxyl groups excluding tert-OH is 1. The Morgan fingerprint density at radius 1 is 1.29 bits per heavy atom. The van der Waals surface area contributed by atoms with Crippen LogP contribution in [0.15, 0.2) is 24.3 Å². The van der Waals surface area contributed by atoms with Crippen LogP contribution in [0.1, 0.15) is 49.5 Å². The van der Waals surface area contributed by atoms with Crippen molar-refractivity contribution < 1.29 is 9.90 Å². The number of thiazole rings is 1. The molecule has 2 saturated carbocycles. The molecule has 2 fully saturated rings. The van der Waals surface area contributed by atoms with E-state index in [1.165, 1.54) is 11.1 Å². The van der Waals surface area contributed by atoms with Crippen LogP contribution in [-0.4, -0.2) is 29.1 Å². The maximum absolute atomic E-state index is 12.8. The quantitative estimate of drug-likeness (QED) is 0.873. The van der Waals surface area contributed by atoms with Gasteiger partial charge in [-0.1, -0.05) is 25.0 Å². The molecule has 4 rings (SSSR count). The van der Waals surface area contributed by atoms with Gasteiger partial charge in [-0.25, -0.2) is 4.98 Å². The van der Waals surface area contributed by atoms with Crippen molar-refractivity contribution in [2.24, 2.45) is 11.3 Å². The molecule has 128 valence electrons. The molecule has 2 aliphatic rings. The highest BCUT2D eigenvalue weighted by Crippen LogP contribution is 2.45. The standard InChI is InChI=1S/C19H24N2O2S/c22-12-19(9-10-19)11-20-17(23)13-5-1-2-6-14(13)18-21-15-7-3-4-8-16(15)24-18/h3-4,7-8,13-14,22H,1-2,5-6,9-12H2,(H,20,23). The van der Waals surface area contributed by atoms with Crippen molar-refractivity contribution in [2.75, 3.05) is 13.2 Å². The van der Waals surface area contributed by atoms with Crippen LogP contribution in [0.3, 0.4) is 0 Å². The molecule has 1 amide bonds. The van der Waals surface area contributed by atoms with Crippen molar-refractivity contribution >= 4 is 27.5 Å². The highest BCUT2D eigenvalue weighted by Gasteiger charge is 2.43. The minimum Gasteiger partial charge on any atom is -0.396 e. The van der Waals surface area contributed by atoms with E-state index in [2.05, 4.69) is 11.4 Å². The predicted octanol–water partition coefficient (Wildman–Crippen LogP) is 3.46. The number of aliphatic hydroxyl groups is 1. The van der Waals surface area contributed by atoms with Gasteiger partial charge >= 0.3 is 0 Å². The van der Waals surface area contributed by atoms with Gasteiger partial charge in [0, 0.05) is 23.8 Å². The molecule has 0 bridgehead atoms. The van der Waals surface area contributed by atoms with E-state index in [-0.39, 0.29) is 29.8 Å². The minimum atomic E-state index is -0.0321. The van der Waals surface area contributed by atoms with Gasteiger partial charge in [0.15, 0.2) is 0 Å². The SMILES string of the molecule is O=C(NCC1(CO)CC1)C1CCCCC1c1nc2ccccc2s1. The van der Waals surface area contributed by atoms with Crippen molar-refractivity contribution in [2.45, 2.75) is 44.4 Å².